The van der Waals surface area contributed by atoms with Crippen molar-refractivity contribution in [3.05, 3.63) is 0 Å². The van der Waals surface area contributed by atoms with Crippen LogP contribution >= 0.6 is 11.8 Å². The minimum absolute atomic E-state index is 0.571. The van der Waals surface area contributed by atoms with E-state index in [0.717, 1.165) is 17.6 Å². The van der Waals surface area contributed by atoms with Crippen molar-refractivity contribution in [1.82, 2.24) is 10.2 Å². The highest BCUT2D eigenvalue weighted by molar-refractivity contribution is 8.13. The number of thioether (sulfide) groups is 1. The summed E-state index contributed by atoms with van der Waals surface area (Å²) in [5.74, 6) is 1.95. The molecule has 92 valence electrons. The van der Waals surface area contributed by atoms with Crippen molar-refractivity contribution in [2.75, 3.05) is 25.9 Å². The molecule has 0 bridgehead atoms. The highest BCUT2D eigenvalue weighted by Crippen LogP contribution is 2.20. The molecule has 2 heterocycles. The van der Waals surface area contributed by atoms with Crippen LogP contribution in [-0.2, 0) is 0 Å². The second-order valence-corrected chi connectivity index (χ2v) is 6.15. The summed E-state index contributed by atoms with van der Waals surface area (Å²) in [6.45, 7) is 6.75. The molecule has 0 aromatic heterocycles. The van der Waals surface area contributed by atoms with Crippen LogP contribution in [0.5, 0.6) is 0 Å². The fourth-order valence-corrected chi connectivity index (χ4v) is 3.37. The summed E-state index contributed by atoms with van der Waals surface area (Å²) in [4.78, 5) is 7.16. The van der Waals surface area contributed by atoms with Gasteiger partial charge in [0.15, 0.2) is 5.17 Å². The highest BCUT2D eigenvalue weighted by Gasteiger charge is 2.23. The first-order valence-electron chi connectivity index (χ1n) is 6.31. The lowest BCUT2D eigenvalue weighted by Crippen LogP contribution is -2.42. The summed E-state index contributed by atoms with van der Waals surface area (Å²) in [6, 6.07) is 1.24. The molecule has 0 aliphatic carbocycles. The first kappa shape index (κ1) is 12.2. The quantitative estimate of drug-likeness (QED) is 0.799. The third-order valence-corrected chi connectivity index (χ3v) is 5.02. The Morgan fingerprint density at radius 2 is 2.31 bits per heavy atom. The predicted molar refractivity (Wildman–Crippen MR) is 72.2 cm³/mol. The predicted octanol–water partition coefficient (Wildman–Crippen LogP) is 1.80. The molecular weight excluding hydrogens is 218 g/mol. The lowest BCUT2D eigenvalue weighted by Gasteiger charge is -2.28. The molecule has 2 saturated heterocycles. The number of aliphatic imine (C=N–C) groups is 1. The highest BCUT2D eigenvalue weighted by atomic mass is 32.2. The molecule has 3 atom stereocenters. The summed E-state index contributed by atoms with van der Waals surface area (Å²) in [5.41, 5.74) is 0. The van der Waals surface area contributed by atoms with Crippen LogP contribution in [0, 0.1) is 5.92 Å². The molecule has 2 aliphatic rings. The minimum atomic E-state index is 0.571. The Bertz CT molecular complexity index is 267. The van der Waals surface area contributed by atoms with Crippen LogP contribution in [-0.4, -0.2) is 48.0 Å². The van der Waals surface area contributed by atoms with Gasteiger partial charge >= 0.3 is 0 Å². The minimum Gasteiger partial charge on any atom is -0.362 e. The number of nitrogens with zero attached hydrogens (tertiary/aromatic N) is 2. The largest absolute Gasteiger partial charge is 0.362 e. The maximum atomic E-state index is 4.73. The van der Waals surface area contributed by atoms with Crippen LogP contribution in [0.4, 0.5) is 0 Å². The van der Waals surface area contributed by atoms with Crippen LogP contribution in [0.1, 0.15) is 26.7 Å². The van der Waals surface area contributed by atoms with Gasteiger partial charge in [0.2, 0.25) is 0 Å². The Labute approximate surface area is 103 Å². The fourth-order valence-electron chi connectivity index (χ4n) is 2.22. The SMILES string of the molecule is CC1CSC(=NCC2CCCN2C)NC1C. The molecule has 0 aromatic carbocycles. The van der Waals surface area contributed by atoms with Crippen LogP contribution < -0.4 is 5.32 Å². The van der Waals surface area contributed by atoms with Crippen LogP contribution in [0.15, 0.2) is 4.99 Å². The maximum Gasteiger partial charge on any atom is 0.156 e. The normalized spacial score (nSPS) is 38.9. The number of amidine groups is 1. The topological polar surface area (TPSA) is 27.6 Å². The van der Waals surface area contributed by atoms with Gasteiger partial charge in [-0.25, -0.2) is 0 Å². The van der Waals surface area contributed by atoms with Crippen molar-refractivity contribution in [2.24, 2.45) is 10.9 Å². The summed E-state index contributed by atoms with van der Waals surface area (Å²) in [5, 5.41) is 4.66. The monoisotopic (exact) mass is 241 g/mol. The van der Waals surface area contributed by atoms with Gasteiger partial charge < -0.3 is 10.2 Å². The molecule has 3 unspecified atom stereocenters. The third kappa shape index (κ3) is 2.92. The van der Waals surface area contributed by atoms with Gasteiger partial charge in [-0.3, -0.25) is 4.99 Å². The molecule has 0 amide bonds. The van der Waals surface area contributed by atoms with Crippen molar-refractivity contribution in [1.29, 1.82) is 0 Å². The van der Waals surface area contributed by atoms with Gasteiger partial charge in [-0.05, 0) is 39.3 Å². The van der Waals surface area contributed by atoms with Gasteiger partial charge in [0, 0.05) is 17.8 Å². The van der Waals surface area contributed by atoms with Crippen molar-refractivity contribution in [3.63, 3.8) is 0 Å². The van der Waals surface area contributed by atoms with E-state index in [0.29, 0.717) is 12.1 Å². The zero-order valence-electron chi connectivity index (χ0n) is 10.6. The Morgan fingerprint density at radius 3 is 2.94 bits per heavy atom. The number of rotatable bonds is 2. The third-order valence-electron chi connectivity index (χ3n) is 3.80. The summed E-state index contributed by atoms with van der Waals surface area (Å²) in [6.07, 6.45) is 2.64. The van der Waals surface area contributed by atoms with Gasteiger partial charge in [0.1, 0.15) is 0 Å². The fraction of sp³-hybridized carbons (Fsp3) is 0.917. The molecule has 4 heteroatoms. The van der Waals surface area contributed by atoms with E-state index in [-0.39, 0.29) is 0 Å². The summed E-state index contributed by atoms with van der Waals surface area (Å²) >= 11 is 1.88. The Kier molecular flexibility index (Phi) is 4.14. The number of likely N-dealkylation sites (N-methyl/N-ethyl adjacent to an activating group) is 1. The van der Waals surface area contributed by atoms with E-state index in [9.17, 15) is 0 Å². The molecule has 2 aliphatic heterocycles. The van der Waals surface area contributed by atoms with Crippen LogP contribution in [0.3, 0.4) is 0 Å². The molecule has 16 heavy (non-hydrogen) atoms. The van der Waals surface area contributed by atoms with Crippen molar-refractivity contribution < 1.29 is 0 Å². The molecule has 1 N–H and O–H groups in total. The number of nitrogens with one attached hydrogen (secondary N) is 1. The average molecular weight is 241 g/mol. The second kappa shape index (κ2) is 5.41. The summed E-state index contributed by atoms with van der Waals surface area (Å²) in [7, 11) is 2.21. The van der Waals surface area contributed by atoms with E-state index in [1.165, 1.54) is 25.1 Å². The van der Waals surface area contributed by atoms with Crippen molar-refractivity contribution in [2.45, 2.75) is 38.8 Å². The van der Waals surface area contributed by atoms with Gasteiger partial charge in [-0.1, -0.05) is 18.7 Å². The van der Waals surface area contributed by atoms with Crippen LogP contribution in [0.25, 0.3) is 0 Å². The number of hydrogen-bond donors (Lipinski definition) is 1. The first-order valence-corrected chi connectivity index (χ1v) is 7.29. The molecule has 3 nitrogen and oxygen atoms in total. The first-order chi connectivity index (χ1) is 7.66. The standard InChI is InChI=1S/C12H23N3S/c1-9-8-16-12(14-10(9)2)13-7-11-5-4-6-15(11)3/h9-11H,4-8H2,1-3H3,(H,13,14). The van der Waals surface area contributed by atoms with Crippen molar-refractivity contribution >= 4 is 16.9 Å². The maximum absolute atomic E-state index is 4.73. The molecule has 0 saturated carbocycles. The zero-order chi connectivity index (χ0) is 11.5. The van der Waals surface area contributed by atoms with Gasteiger partial charge in [-0.15, -0.1) is 0 Å². The Balaban J connectivity index is 1.83. The zero-order valence-corrected chi connectivity index (χ0v) is 11.4. The molecule has 2 rings (SSSR count). The van der Waals surface area contributed by atoms with E-state index in [1.807, 2.05) is 11.8 Å². The summed E-state index contributed by atoms with van der Waals surface area (Å²) < 4.78 is 0. The number of hydrogen-bond acceptors (Lipinski definition) is 3. The van der Waals surface area contributed by atoms with Crippen LogP contribution in [0.2, 0.25) is 0 Å². The lowest BCUT2D eigenvalue weighted by molar-refractivity contribution is 0.317. The van der Waals surface area contributed by atoms with E-state index in [4.69, 9.17) is 4.99 Å². The smallest absolute Gasteiger partial charge is 0.156 e. The Hall–Kier alpha value is -0.220. The van der Waals surface area contributed by atoms with Gasteiger partial charge in [0.05, 0.1) is 6.54 Å². The molecule has 0 radical (unpaired) electrons. The van der Waals surface area contributed by atoms with Crippen molar-refractivity contribution in [3.8, 4) is 0 Å². The average Bonchev–Trinajstić information content (AvgIpc) is 2.66. The molecule has 0 spiro atoms. The van der Waals surface area contributed by atoms with E-state index in [1.54, 1.807) is 0 Å². The lowest BCUT2D eigenvalue weighted by atomic mass is 10.1. The molecule has 0 aromatic rings. The Morgan fingerprint density at radius 1 is 1.50 bits per heavy atom. The second-order valence-electron chi connectivity index (χ2n) is 5.14. The van der Waals surface area contributed by atoms with Gasteiger partial charge in [0.25, 0.3) is 0 Å². The molecule has 2 fully saturated rings. The van der Waals surface area contributed by atoms with E-state index < -0.39 is 0 Å². The molecular formula is C12H23N3S. The van der Waals surface area contributed by atoms with E-state index in [2.05, 4.69) is 31.1 Å². The number of likely N-dealkylation sites (tertiary alicyclic amines) is 1. The van der Waals surface area contributed by atoms with E-state index >= 15 is 0 Å². The van der Waals surface area contributed by atoms with Gasteiger partial charge in [-0.2, -0.15) is 0 Å².